The molecule has 0 spiro atoms. The summed E-state index contributed by atoms with van der Waals surface area (Å²) in [6.07, 6.45) is 0.407. The summed E-state index contributed by atoms with van der Waals surface area (Å²) in [4.78, 5) is 22.6. The summed E-state index contributed by atoms with van der Waals surface area (Å²) >= 11 is 0. The van der Waals surface area contributed by atoms with Crippen LogP contribution in [0.3, 0.4) is 0 Å². The topological polar surface area (TPSA) is 82.0 Å². The molecule has 2 N–H and O–H groups in total. The number of anilines is 1. The highest BCUT2D eigenvalue weighted by molar-refractivity contribution is 5.95. The number of hydrogen-bond donors (Lipinski definition) is 2. The summed E-state index contributed by atoms with van der Waals surface area (Å²) < 4.78 is 0. The van der Waals surface area contributed by atoms with Gasteiger partial charge in [-0.05, 0) is 24.3 Å². The van der Waals surface area contributed by atoms with Crippen LogP contribution in [0.15, 0.2) is 24.3 Å². The molecule has 88 valence electrons. The average Bonchev–Trinajstić information content (AvgIpc) is 2.36. The number of benzene rings is 1. The Balaban J connectivity index is 2.65. The van der Waals surface area contributed by atoms with Gasteiger partial charge in [-0.15, -0.1) is 0 Å². The summed E-state index contributed by atoms with van der Waals surface area (Å²) in [7, 11) is 0. The quantitative estimate of drug-likeness (QED) is 0.766. The first-order valence-corrected chi connectivity index (χ1v) is 5.22. The summed E-state index contributed by atoms with van der Waals surface area (Å²) in [5.41, 5.74) is 1.10. The minimum atomic E-state index is -0.306. The third kappa shape index (κ3) is 3.95. The predicted molar refractivity (Wildman–Crippen MR) is 63.3 cm³/mol. The van der Waals surface area contributed by atoms with Gasteiger partial charge in [-0.1, -0.05) is 6.92 Å². The molecule has 5 nitrogen and oxygen atoms in total. The largest absolute Gasteiger partial charge is 0.339 e. The van der Waals surface area contributed by atoms with Gasteiger partial charge in [0.25, 0.3) is 5.91 Å². The second kappa shape index (κ2) is 6.28. The number of carbonyl (C=O) groups is 2. The van der Waals surface area contributed by atoms with Crippen LogP contribution in [0.5, 0.6) is 0 Å². The maximum Gasteiger partial charge on any atom is 0.252 e. The van der Waals surface area contributed by atoms with Crippen molar-refractivity contribution in [2.75, 3.05) is 11.9 Å². The highest BCUT2D eigenvalue weighted by atomic mass is 16.2. The number of carbonyl (C=O) groups excluding carboxylic acids is 2. The third-order valence-corrected chi connectivity index (χ3v) is 2.08. The van der Waals surface area contributed by atoms with Crippen molar-refractivity contribution in [2.24, 2.45) is 0 Å². The van der Waals surface area contributed by atoms with Crippen LogP contribution in [0.2, 0.25) is 0 Å². The SMILES string of the molecule is CCC(=O)Nc1ccc(C(=O)NCC#N)cc1. The number of nitrogens with zero attached hydrogens (tertiary/aromatic N) is 1. The Morgan fingerprint density at radius 1 is 1.29 bits per heavy atom. The molecule has 0 saturated carbocycles. The molecule has 1 rings (SSSR count). The number of amides is 2. The second-order valence-electron chi connectivity index (χ2n) is 3.32. The molecule has 1 aromatic carbocycles. The molecular weight excluding hydrogens is 218 g/mol. The highest BCUT2D eigenvalue weighted by Crippen LogP contribution is 2.09. The van der Waals surface area contributed by atoms with E-state index in [0.717, 1.165) is 0 Å². The smallest absolute Gasteiger partial charge is 0.252 e. The van der Waals surface area contributed by atoms with Gasteiger partial charge in [0, 0.05) is 17.7 Å². The molecule has 5 heteroatoms. The lowest BCUT2D eigenvalue weighted by Gasteiger charge is -2.05. The minimum Gasteiger partial charge on any atom is -0.339 e. The Morgan fingerprint density at radius 3 is 2.47 bits per heavy atom. The van der Waals surface area contributed by atoms with Gasteiger partial charge in [0.15, 0.2) is 0 Å². The minimum absolute atomic E-state index is 0.0207. The van der Waals surface area contributed by atoms with Crippen molar-refractivity contribution in [1.29, 1.82) is 5.26 Å². The number of hydrogen-bond acceptors (Lipinski definition) is 3. The van der Waals surface area contributed by atoms with Gasteiger partial charge in [-0.25, -0.2) is 0 Å². The molecule has 0 heterocycles. The van der Waals surface area contributed by atoms with E-state index in [9.17, 15) is 9.59 Å². The Morgan fingerprint density at radius 2 is 1.94 bits per heavy atom. The second-order valence-corrected chi connectivity index (χ2v) is 3.32. The maximum absolute atomic E-state index is 11.4. The van der Waals surface area contributed by atoms with E-state index in [1.165, 1.54) is 0 Å². The van der Waals surface area contributed by atoms with Crippen LogP contribution in [-0.2, 0) is 4.79 Å². The molecule has 0 saturated heterocycles. The molecule has 2 amide bonds. The van der Waals surface area contributed by atoms with Gasteiger partial charge in [0.2, 0.25) is 5.91 Å². The van der Waals surface area contributed by atoms with Crippen molar-refractivity contribution < 1.29 is 9.59 Å². The molecule has 0 radical (unpaired) electrons. The molecule has 0 aliphatic rings. The van der Waals surface area contributed by atoms with Crippen LogP contribution in [-0.4, -0.2) is 18.4 Å². The summed E-state index contributed by atoms with van der Waals surface area (Å²) in [6.45, 7) is 1.74. The van der Waals surface area contributed by atoms with Crippen molar-refractivity contribution >= 4 is 17.5 Å². The van der Waals surface area contributed by atoms with E-state index < -0.39 is 0 Å². The molecule has 0 aromatic heterocycles. The fourth-order valence-corrected chi connectivity index (χ4v) is 1.18. The summed E-state index contributed by atoms with van der Waals surface area (Å²) in [5, 5.41) is 13.4. The molecule has 0 aliphatic carbocycles. The van der Waals surface area contributed by atoms with E-state index in [-0.39, 0.29) is 18.4 Å². The Kier molecular flexibility index (Phi) is 4.70. The van der Waals surface area contributed by atoms with Gasteiger partial charge in [0.1, 0.15) is 6.54 Å². The Hall–Kier alpha value is -2.35. The van der Waals surface area contributed by atoms with Gasteiger partial charge in [-0.2, -0.15) is 5.26 Å². The Bertz CT molecular complexity index is 446. The lowest BCUT2D eigenvalue weighted by atomic mass is 10.2. The van der Waals surface area contributed by atoms with Crippen LogP contribution >= 0.6 is 0 Å². The van der Waals surface area contributed by atoms with Crippen LogP contribution in [0.25, 0.3) is 0 Å². The number of nitrogens with one attached hydrogen (secondary N) is 2. The van der Waals surface area contributed by atoms with Crippen molar-refractivity contribution in [3.63, 3.8) is 0 Å². The molecule has 0 unspecified atom stereocenters. The molecule has 17 heavy (non-hydrogen) atoms. The zero-order valence-electron chi connectivity index (χ0n) is 9.49. The van der Waals surface area contributed by atoms with E-state index in [2.05, 4.69) is 10.6 Å². The Labute approximate surface area is 99.4 Å². The van der Waals surface area contributed by atoms with Gasteiger partial charge in [-0.3, -0.25) is 9.59 Å². The first-order valence-electron chi connectivity index (χ1n) is 5.22. The molecule has 0 aliphatic heterocycles. The summed E-state index contributed by atoms with van der Waals surface area (Å²) in [6, 6.07) is 8.31. The van der Waals surface area contributed by atoms with E-state index in [1.54, 1.807) is 31.2 Å². The van der Waals surface area contributed by atoms with E-state index in [4.69, 9.17) is 5.26 Å². The summed E-state index contributed by atoms with van der Waals surface area (Å²) in [5.74, 6) is -0.383. The van der Waals surface area contributed by atoms with Gasteiger partial charge in [0.05, 0.1) is 6.07 Å². The van der Waals surface area contributed by atoms with Gasteiger partial charge >= 0.3 is 0 Å². The van der Waals surface area contributed by atoms with Crippen molar-refractivity contribution in [3.8, 4) is 6.07 Å². The van der Waals surface area contributed by atoms with Crippen molar-refractivity contribution in [2.45, 2.75) is 13.3 Å². The molecular formula is C12H13N3O2. The zero-order chi connectivity index (χ0) is 12.7. The number of nitriles is 1. The molecule has 0 bridgehead atoms. The molecule has 1 aromatic rings. The average molecular weight is 231 g/mol. The maximum atomic E-state index is 11.4. The standard InChI is InChI=1S/C12H13N3O2/c1-2-11(16)15-10-5-3-9(4-6-10)12(17)14-8-7-13/h3-6H,2,8H2,1H3,(H,14,17)(H,15,16). The fraction of sp³-hybridized carbons (Fsp3) is 0.250. The van der Waals surface area contributed by atoms with Crippen molar-refractivity contribution in [1.82, 2.24) is 5.32 Å². The normalized spacial score (nSPS) is 9.18. The molecule has 0 fully saturated rings. The van der Waals surface area contributed by atoms with E-state index >= 15 is 0 Å². The van der Waals surface area contributed by atoms with E-state index in [0.29, 0.717) is 17.7 Å². The lowest BCUT2D eigenvalue weighted by molar-refractivity contribution is -0.115. The van der Waals surface area contributed by atoms with Crippen LogP contribution in [0.4, 0.5) is 5.69 Å². The molecule has 0 atom stereocenters. The highest BCUT2D eigenvalue weighted by Gasteiger charge is 2.04. The van der Waals surface area contributed by atoms with E-state index in [1.807, 2.05) is 6.07 Å². The third-order valence-electron chi connectivity index (χ3n) is 2.08. The van der Waals surface area contributed by atoms with Crippen LogP contribution in [0.1, 0.15) is 23.7 Å². The monoisotopic (exact) mass is 231 g/mol. The zero-order valence-corrected chi connectivity index (χ0v) is 9.49. The lowest BCUT2D eigenvalue weighted by Crippen LogP contribution is -2.23. The fourth-order valence-electron chi connectivity index (χ4n) is 1.18. The number of rotatable bonds is 4. The predicted octanol–water partition coefficient (Wildman–Crippen LogP) is 1.29. The first-order chi connectivity index (χ1) is 8.17. The van der Waals surface area contributed by atoms with Crippen LogP contribution < -0.4 is 10.6 Å². The van der Waals surface area contributed by atoms with Crippen LogP contribution in [0, 0.1) is 11.3 Å². The van der Waals surface area contributed by atoms with Gasteiger partial charge < -0.3 is 10.6 Å². The first kappa shape index (κ1) is 12.7. The van der Waals surface area contributed by atoms with Crippen molar-refractivity contribution in [3.05, 3.63) is 29.8 Å².